The van der Waals surface area contributed by atoms with Gasteiger partial charge in [0.15, 0.2) is 0 Å². The molecule has 112 valence electrons. The van der Waals surface area contributed by atoms with Crippen LogP contribution in [0.5, 0.6) is 0 Å². The molecule has 4 nitrogen and oxygen atoms in total. The van der Waals surface area contributed by atoms with Crippen molar-refractivity contribution in [2.45, 2.75) is 17.2 Å². The third-order valence-corrected chi connectivity index (χ3v) is 4.39. The van der Waals surface area contributed by atoms with Crippen LogP contribution in [0.25, 0.3) is 0 Å². The van der Waals surface area contributed by atoms with Gasteiger partial charge >= 0.3 is 5.76 Å². The zero-order valence-electron chi connectivity index (χ0n) is 11.0. The van der Waals surface area contributed by atoms with E-state index < -0.39 is 20.5 Å². The van der Waals surface area contributed by atoms with Crippen LogP contribution in [0.3, 0.4) is 0 Å². The van der Waals surface area contributed by atoms with E-state index in [0.717, 1.165) is 11.6 Å². The topological polar surface area (TPSA) is 72.2 Å². The third kappa shape index (κ3) is 3.30. The molecule has 0 radical (unpaired) electrons. The molecule has 0 amide bonds. The van der Waals surface area contributed by atoms with E-state index in [4.69, 9.17) is 5.73 Å². The minimum absolute atomic E-state index is 0.126. The standard InChI is InChI=1S/C14H14F2N2O2S/c15-14(16)21(19,20)13-8-4-3-7-12(13)18-9-10-5-1-2-6-11(10)17/h1-8,14,18H,9,17H2. The first-order valence-corrected chi connectivity index (χ1v) is 7.66. The van der Waals surface area contributed by atoms with Crippen LogP contribution in [-0.4, -0.2) is 14.2 Å². The molecule has 0 bridgehead atoms. The fourth-order valence-electron chi connectivity index (χ4n) is 1.84. The van der Waals surface area contributed by atoms with Gasteiger partial charge in [-0.05, 0) is 23.8 Å². The Bertz CT molecular complexity index is 733. The highest BCUT2D eigenvalue weighted by atomic mass is 32.2. The summed E-state index contributed by atoms with van der Waals surface area (Å²) in [4.78, 5) is -0.422. The maximum Gasteiger partial charge on any atom is 0.341 e. The largest absolute Gasteiger partial charge is 0.398 e. The first-order valence-electron chi connectivity index (χ1n) is 6.11. The minimum atomic E-state index is -4.65. The summed E-state index contributed by atoms with van der Waals surface area (Å²) in [6.07, 6.45) is 0. The van der Waals surface area contributed by atoms with Crippen LogP contribution in [0.4, 0.5) is 20.2 Å². The van der Waals surface area contributed by atoms with Gasteiger partial charge in [-0.3, -0.25) is 0 Å². The molecular formula is C14H14F2N2O2S. The lowest BCUT2D eigenvalue weighted by Gasteiger charge is -2.13. The highest BCUT2D eigenvalue weighted by Gasteiger charge is 2.28. The lowest BCUT2D eigenvalue weighted by Crippen LogP contribution is -2.14. The number of para-hydroxylation sites is 2. The molecular weight excluding hydrogens is 298 g/mol. The van der Waals surface area contributed by atoms with Crippen LogP contribution in [0.1, 0.15) is 5.56 Å². The van der Waals surface area contributed by atoms with E-state index in [-0.39, 0.29) is 12.2 Å². The van der Waals surface area contributed by atoms with Crippen LogP contribution >= 0.6 is 0 Å². The molecule has 21 heavy (non-hydrogen) atoms. The van der Waals surface area contributed by atoms with Crippen molar-refractivity contribution in [2.24, 2.45) is 0 Å². The molecule has 2 aromatic carbocycles. The molecule has 2 rings (SSSR count). The fourth-order valence-corrected chi connectivity index (χ4v) is 2.75. The number of hydrogen-bond donors (Lipinski definition) is 2. The van der Waals surface area contributed by atoms with Crippen molar-refractivity contribution in [3.63, 3.8) is 0 Å². The lowest BCUT2D eigenvalue weighted by molar-refractivity contribution is 0.235. The van der Waals surface area contributed by atoms with Gasteiger partial charge in [0, 0.05) is 12.2 Å². The van der Waals surface area contributed by atoms with Gasteiger partial charge in [0.1, 0.15) is 0 Å². The van der Waals surface area contributed by atoms with Crippen LogP contribution in [-0.2, 0) is 16.4 Å². The number of hydrogen-bond acceptors (Lipinski definition) is 4. The molecule has 0 saturated heterocycles. The minimum Gasteiger partial charge on any atom is -0.398 e. The predicted octanol–water partition coefficient (Wildman–Crippen LogP) is 2.88. The normalized spacial score (nSPS) is 11.6. The van der Waals surface area contributed by atoms with E-state index in [2.05, 4.69) is 5.32 Å². The second-order valence-corrected chi connectivity index (χ2v) is 6.24. The van der Waals surface area contributed by atoms with Gasteiger partial charge < -0.3 is 11.1 Å². The Morgan fingerprint density at radius 2 is 1.67 bits per heavy atom. The van der Waals surface area contributed by atoms with Crippen molar-refractivity contribution in [3.8, 4) is 0 Å². The summed E-state index contributed by atoms with van der Waals surface area (Å²) in [6, 6.07) is 12.6. The predicted molar refractivity (Wildman–Crippen MR) is 77.8 cm³/mol. The molecule has 0 atom stereocenters. The quantitative estimate of drug-likeness (QED) is 0.833. The second kappa shape index (κ2) is 6.09. The summed E-state index contributed by atoms with van der Waals surface area (Å²) in [6.45, 7) is 0.239. The average molecular weight is 312 g/mol. The SMILES string of the molecule is Nc1ccccc1CNc1ccccc1S(=O)(=O)C(F)F. The van der Waals surface area contributed by atoms with E-state index >= 15 is 0 Å². The first kappa shape index (κ1) is 15.2. The third-order valence-electron chi connectivity index (χ3n) is 2.95. The van der Waals surface area contributed by atoms with Crippen molar-refractivity contribution in [1.82, 2.24) is 0 Å². The zero-order valence-corrected chi connectivity index (χ0v) is 11.8. The van der Waals surface area contributed by atoms with Crippen molar-refractivity contribution in [2.75, 3.05) is 11.1 Å². The van der Waals surface area contributed by atoms with Crippen LogP contribution in [0.15, 0.2) is 53.4 Å². The van der Waals surface area contributed by atoms with Crippen molar-refractivity contribution in [1.29, 1.82) is 0 Å². The number of halogens is 2. The smallest absolute Gasteiger partial charge is 0.341 e. The maximum atomic E-state index is 12.7. The van der Waals surface area contributed by atoms with Gasteiger partial charge in [0.2, 0.25) is 9.84 Å². The summed E-state index contributed by atoms with van der Waals surface area (Å²) in [5, 5.41) is 2.84. The zero-order chi connectivity index (χ0) is 15.5. The Kier molecular flexibility index (Phi) is 4.42. The number of nitrogens with one attached hydrogen (secondary N) is 1. The number of rotatable bonds is 5. The molecule has 0 heterocycles. The van der Waals surface area contributed by atoms with E-state index in [1.807, 2.05) is 0 Å². The monoisotopic (exact) mass is 312 g/mol. The molecule has 0 aliphatic carbocycles. The summed E-state index contributed by atoms with van der Waals surface area (Å²) >= 11 is 0. The number of alkyl halides is 2. The molecule has 0 aliphatic heterocycles. The molecule has 3 N–H and O–H groups in total. The highest BCUT2D eigenvalue weighted by Crippen LogP contribution is 2.26. The van der Waals surface area contributed by atoms with E-state index in [1.54, 1.807) is 30.3 Å². The van der Waals surface area contributed by atoms with Crippen molar-refractivity contribution < 1.29 is 17.2 Å². The van der Waals surface area contributed by atoms with Crippen LogP contribution in [0, 0.1) is 0 Å². The van der Waals surface area contributed by atoms with E-state index in [1.165, 1.54) is 12.1 Å². The summed E-state index contributed by atoms with van der Waals surface area (Å²) < 4.78 is 48.6. The first-order chi connectivity index (χ1) is 9.93. The number of nitrogens with two attached hydrogens (primary N) is 1. The van der Waals surface area contributed by atoms with Crippen LogP contribution < -0.4 is 11.1 Å². The number of benzene rings is 2. The molecule has 0 unspecified atom stereocenters. The Morgan fingerprint density at radius 3 is 2.33 bits per heavy atom. The fraction of sp³-hybridized carbons (Fsp3) is 0.143. The Hall–Kier alpha value is -2.15. The maximum absolute atomic E-state index is 12.7. The van der Waals surface area contributed by atoms with Crippen molar-refractivity contribution in [3.05, 3.63) is 54.1 Å². The molecule has 0 aliphatic rings. The molecule has 0 spiro atoms. The number of sulfone groups is 1. The molecule has 7 heteroatoms. The van der Waals surface area contributed by atoms with Gasteiger partial charge in [-0.25, -0.2) is 8.42 Å². The van der Waals surface area contributed by atoms with Gasteiger partial charge in [0.05, 0.1) is 10.6 Å². The van der Waals surface area contributed by atoms with E-state index in [0.29, 0.717) is 5.69 Å². The van der Waals surface area contributed by atoms with Gasteiger partial charge in [-0.2, -0.15) is 8.78 Å². The van der Waals surface area contributed by atoms with Gasteiger partial charge in [-0.15, -0.1) is 0 Å². The Balaban J connectivity index is 2.28. The summed E-state index contributed by atoms with van der Waals surface area (Å²) in [5.41, 5.74) is 7.20. The lowest BCUT2D eigenvalue weighted by atomic mass is 10.2. The molecule has 2 aromatic rings. The second-order valence-electron chi connectivity index (χ2n) is 4.35. The van der Waals surface area contributed by atoms with Gasteiger partial charge in [-0.1, -0.05) is 30.3 Å². The van der Waals surface area contributed by atoms with E-state index in [9.17, 15) is 17.2 Å². The summed E-state index contributed by atoms with van der Waals surface area (Å²) in [5.74, 6) is -3.46. The Morgan fingerprint density at radius 1 is 1.05 bits per heavy atom. The van der Waals surface area contributed by atoms with Gasteiger partial charge in [0.25, 0.3) is 0 Å². The highest BCUT2D eigenvalue weighted by molar-refractivity contribution is 7.91. The number of nitrogen functional groups attached to an aromatic ring is 1. The molecule has 0 aromatic heterocycles. The van der Waals surface area contributed by atoms with Crippen molar-refractivity contribution >= 4 is 21.2 Å². The number of anilines is 2. The molecule has 0 fully saturated rings. The Labute approximate surface area is 121 Å². The van der Waals surface area contributed by atoms with Crippen LogP contribution in [0.2, 0.25) is 0 Å². The molecule has 0 saturated carbocycles. The average Bonchev–Trinajstić information content (AvgIpc) is 2.46. The summed E-state index contributed by atoms with van der Waals surface area (Å²) in [7, 11) is -4.65.